The normalized spacial score (nSPS) is 13.9. The summed E-state index contributed by atoms with van der Waals surface area (Å²) in [6.45, 7) is 1.74. The van der Waals surface area contributed by atoms with Gasteiger partial charge >= 0.3 is 6.18 Å². The van der Waals surface area contributed by atoms with Gasteiger partial charge in [0.1, 0.15) is 0 Å². The average molecular weight is 256 g/mol. The number of hydrogen-bond donors (Lipinski definition) is 1. The molecule has 2 nitrogen and oxygen atoms in total. The first-order valence-corrected chi connectivity index (χ1v) is 6.31. The predicted octanol–water partition coefficient (Wildman–Crippen LogP) is 3.68. The van der Waals surface area contributed by atoms with Crippen molar-refractivity contribution in [2.45, 2.75) is 64.1 Å². The van der Waals surface area contributed by atoms with Crippen molar-refractivity contribution < 1.29 is 23.0 Å². The van der Waals surface area contributed by atoms with Crippen molar-refractivity contribution in [2.24, 2.45) is 0 Å². The van der Waals surface area contributed by atoms with E-state index in [9.17, 15) is 13.2 Å². The molecule has 1 atom stereocenters. The molecule has 0 bridgehead atoms. The van der Waals surface area contributed by atoms with E-state index < -0.39 is 18.9 Å². The Bertz CT molecular complexity index is 172. The maximum absolute atomic E-state index is 12.3. The molecule has 104 valence electrons. The Morgan fingerprint density at radius 3 is 2.18 bits per heavy atom. The molecule has 0 saturated carbocycles. The number of ether oxygens (including phenoxy) is 1. The second-order valence-corrected chi connectivity index (χ2v) is 4.18. The van der Waals surface area contributed by atoms with E-state index in [1.54, 1.807) is 0 Å². The lowest BCUT2D eigenvalue weighted by Crippen LogP contribution is -2.32. The SMILES string of the molecule is CCCCCCCCOC(CCO)C(F)(F)F. The highest BCUT2D eigenvalue weighted by Gasteiger charge is 2.39. The van der Waals surface area contributed by atoms with Gasteiger partial charge in [0.25, 0.3) is 0 Å². The van der Waals surface area contributed by atoms with E-state index in [4.69, 9.17) is 9.84 Å². The molecule has 0 heterocycles. The highest BCUT2D eigenvalue weighted by molar-refractivity contribution is 4.67. The van der Waals surface area contributed by atoms with Crippen molar-refractivity contribution in [3.63, 3.8) is 0 Å². The molecule has 1 N–H and O–H groups in total. The minimum absolute atomic E-state index is 0.121. The fourth-order valence-corrected chi connectivity index (χ4v) is 1.57. The topological polar surface area (TPSA) is 29.5 Å². The van der Waals surface area contributed by atoms with E-state index in [2.05, 4.69) is 6.92 Å². The summed E-state index contributed by atoms with van der Waals surface area (Å²) in [5, 5.41) is 8.52. The molecule has 0 radical (unpaired) electrons. The number of hydrogen-bond acceptors (Lipinski definition) is 2. The number of unbranched alkanes of at least 4 members (excludes halogenated alkanes) is 5. The van der Waals surface area contributed by atoms with Crippen LogP contribution in [0, 0.1) is 0 Å². The molecule has 1 unspecified atom stereocenters. The molecule has 0 aliphatic heterocycles. The molecule has 0 fully saturated rings. The first-order valence-electron chi connectivity index (χ1n) is 6.31. The van der Waals surface area contributed by atoms with Gasteiger partial charge in [-0.25, -0.2) is 0 Å². The summed E-state index contributed by atoms with van der Waals surface area (Å²) in [6, 6.07) is 0. The van der Waals surface area contributed by atoms with Crippen LogP contribution < -0.4 is 0 Å². The molecule has 5 heteroatoms. The molecule has 0 aromatic heterocycles. The molecule has 17 heavy (non-hydrogen) atoms. The highest BCUT2D eigenvalue weighted by Crippen LogP contribution is 2.25. The van der Waals surface area contributed by atoms with Crippen LogP contribution in [0.4, 0.5) is 13.2 Å². The Hall–Kier alpha value is -0.290. The third kappa shape index (κ3) is 9.41. The average Bonchev–Trinajstić information content (AvgIpc) is 2.25. The fraction of sp³-hybridized carbons (Fsp3) is 1.00. The van der Waals surface area contributed by atoms with Crippen molar-refractivity contribution in [1.82, 2.24) is 0 Å². The van der Waals surface area contributed by atoms with Gasteiger partial charge in [-0.2, -0.15) is 13.2 Å². The van der Waals surface area contributed by atoms with Gasteiger partial charge in [0.05, 0.1) is 0 Å². The number of rotatable bonds is 10. The van der Waals surface area contributed by atoms with Gasteiger partial charge in [0, 0.05) is 19.6 Å². The second kappa shape index (κ2) is 9.71. The number of halogens is 3. The third-order valence-electron chi connectivity index (χ3n) is 2.57. The van der Waals surface area contributed by atoms with Crippen LogP contribution in [0.3, 0.4) is 0 Å². The Balaban J connectivity index is 3.55. The number of alkyl halides is 3. The fourth-order valence-electron chi connectivity index (χ4n) is 1.57. The standard InChI is InChI=1S/C12H23F3O2/c1-2-3-4-5-6-7-10-17-11(8-9-16)12(13,14)15/h11,16H,2-10H2,1H3. The van der Waals surface area contributed by atoms with Gasteiger partial charge in [-0.3, -0.25) is 0 Å². The molecule has 0 spiro atoms. The van der Waals surface area contributed by atoms with Gasteiger partial charge < -0.3 is 9.84 Å². The Labute approximate surface area is 101 Å². The van der Waals surface area contributed by atoms with Crippen LogP contribution in [0.2, 0.25) is 0 Å². The van der Waals surface area contributed by atoms with Crippen LogP contribution in [-0.2, 0) is 4.74 Å². The van der Waals surface area contributed by atoms with Crippen LogP contribution in [0.15, 0.2) is 0 Å². The lowest BCUT2D eigenvalue weighted by Gasteiger charge is -2.19. The summed E-state index contributed by atoms with van der Waals surface area (Å²) >= 11 is 0. The summed E-state index contributed by atoms with van der Waals surface area (Å²) in [6.07, 6.45) is -0.484. The highest BCUT2D eigenvalue weighted by atomic mass is 19.4. The van der Waals surface area contributed by atoms with Gasteiger partial charge in [-0.05, 0) is 6.42 Å². The minimum atomic E-state index is -4.37. The zero-order valence-electron chi connectivity index (χ0n) is 10.4. The van der Waals surface area contributed by atoms with E-state index in [1.807, 2.05) is 0 Å². The quantitative estimate of drug-likeness (QED) is 0.604. The molecule has 0 amide bonds. The molecular weight excluding hydrogens is 233 g/mol. The number of aliphatic hydroxyl groups excluding tert-OH is 1. The summed E-state index contributed by atoms with van der Waals surface area (Å²) < 4.78 is 41.8. The van der Waals surface area contributed by atoms with Crippen LogP contribution in [0.5, 0.6) is 0 Å². The van der Waals surface area contributed by atoms with Crippen molar-refractivity contribution in [3.05, 3.63) is 0 Å². The van der Waals surface area contributed by atoms with Gasteiger partial charge in [0.15, 0.2) is 6.10 Å². The summed E-state index contributed by atoms with van der Waals surface area (Å²) in [7, 11) is 0. The smallest absolute Gasteiger partial charge is 0.396 e. The summed E-state index contributed by atoms with van der Waals surface area (Å²) in [4.78, 5) is 0. The zero-order chi connectivity index (χ0) is 13.1. The number of aliphatic hydroxyl groups is 1. The van der Waals surface area contributed by atoms with E-state index >= 15 is 0 Å². The Kier molecular flexibility index (Phi) is 9.55. The van der Waals surface area contributed by atoms with Crippen molar-refractivity contribution in [1.29, 1.82) is 0 Å². The molecule has 0 aliphatic rings. The lowest BCUT2D eigenvalue weighted by molar-refractivity contribution is -0.224. The second-order valence-electron chi connectivity index (χ2n) is 4.18. The largest absolute Gasteiger partial charge is 0.414 e. The van der Waals surface area contributed by atoms with Crippen LogP contribution in [0.1, 0.15) is 51.9 Å². The molecular formula is C12H23F3O2. The van der Waals surface area contributed by atoms with E-state index in [1.165, 1.54) is 6.42 Å². The lowest BCUT2D eigenvalue weighted by atomic mass is 10.1. The third-order valence-corrected chi connectivity index (χ3v) is 2.57. The van der Waals surface area contributed by atoms with Crippen LogP contribution in [-0.4, -0.2) is 30.6 Å². The first-order chi connectivity index (χ1) is 8.02. The van der Waals surface area contributed by atoms with Crippen LogP contribution >= 0.6 is 0 Å². The zero-order valence-corrected chi connectivity index (χ0v) is 10.4. The van der Waals surface area contributed by atoms with E-state index in [-0.39, 0.29) is 13.0 Å². The Morgan fingerprint density at radius 2 is 1.65 bits per heavy atom. The molecule has 0 saturated heterocycles. The van der Waals surface area contributed by atoms with E-state index in [0.29, 0.717) is 6.42 Å². The minimum Gasteiger partial charge on any atom is -0.396 e. The summed E-state index contributed by atoms with van der Waals surface area (Å²) in [5.41, 5.74) is 0. The predicted molar refractivity (Wildman–Crippen MR) is 60.9 cm³/mol. The monoisotopic (exact) mass is 256 g/mol. The van der Waals surface area contributed by atoms with Gasteiger partial charge in [-0.15, -0.1) is 0 Å². The van der Waals surface area contributed by atoms with Crippen LogP contribution in [0.25, 0.3) is 0 Å². The molecule has 0 aromatic rings. The first kappa shape index (κ1) is 16.7. The Morgan fingerprint density at radius 1 is 1.06 bits per heavy atom. The van der Waals surface area contributed by atoms with E-state index in [0.717, 1.165) is 25.7 Å². The molecule has 0 aliphatic carbocycles. The molecule has 0 aromatic carbocycles. The van der Waals surface area contributed by atoms with Crippen molar-refractivity contribution >= 4 is 0 Å². The van der Waals surface area contributed by atoms with Gasteiger partial charge in [-0.1, -0.05) is 39.0 Å². The van der Waals surface area contributed by atoms with Gasteiger partial charge in [0.2, 0.25) is 0 Å². The molecule has 0 rings (SSSR count). The van der Waals surface area contributed by atoms with Crippen molar-refractivity contribution in [3.8, 4) is 0 Å². The maximum Gasteiger partial charge on any atom is 0.414 e. The summed E-state index contributed by atoms with van der Waals surface area (Å²) in [5.74, 6) is 0. The van der Waals surface area contributed by atoms with Crippen molar-refractivity contribution in [2.75, 3.05) is 13.2 Å². The maximum atomic E-state index is 12.3.